The highest BCUT2D eigenvalue weighted by molar-refractivity contribution is 6.31. The third kappa shape index (κ3) is 4.90. The number of aliphatic carboxylic acids is 1. The van der Waals surface area contributed by atoms with Crippen molar-refractivity contribution >= 4 is 29.6 Å². The zero-order chi connectivity index (χ0) is 16.0. The molecule has 1 heterocycles. The Bertz CT molecular complexity index is 552. The molecule has 6 nitrogen and oxygen atoms in total. The summed E-state index contributed by atoms with van der Waals surface area (Å²) in [5.41, 5.74) is 1.40. The molecule has 0 aliphatic rings. The van der Waals surface area contributed by atoms with E-state index in [-0.39, 0.29) is 0 Å². The largest absolute Gasteiger partial charge is 0.480 e. The number of hydrogen-bond donors (Lipinski definition) is 2. The van der Waals surface area contributed by atoms with Gasteiger partial charge in [-0.1, -0.05) is 24.9 Å². The smallest absolute Gasteiger partial charge is 0.325 e. The van der Waals surface area contributed by atoms with Gasteiger partial charge in [0.05, 0.1) is 5.69 Å². The van der Waals surface area contributed by atoms with Crippen LogP contribution in [0.15, 0.2) is 6.08 Å². The van der Waals surface area contributed by atoms with Crippen LogP contribution in [0.25, 0.3) is 6.08 Å². The Balaban J connectivity index is 2.78. The molecule has 0 spiro atoms. The number of aromatic nitrogens is 2. The molecule has 0 unspecified atom stereocenters. The van der Waals surface area contributed by atoms with Crippen molar-refractivity contribution in [2.45, 2.75) is 46.2 Å². The number of carboxylic acid groups (broad SMARTS) is 1. The number of carboxylic acids is 1. The van der Waals surface area contributed by atoms with Crippen LogP contribution < -0.4 is 5.32 Å². The molecule has 0 aromatic carbocycles. The first-order valence-corrected chi connectivity index (χ1v) is 7.18. The van der Waals surface area contributed by atoms with Crippen molar-refractivity contribution in [2.24, 2.45) is 0 Å². The number of hydrogen-bond acceptors (Lipinski definition) is 3. The van der Waals surface area contributed by atoms with Gasteiger partial charge < -0.3 is 10.4 Å². The third-order valence-electron chi connectivity index (χ3n) is 2.96. The second kappa shape index (κ2) is 7.83. The van der Waals surface area contributed by atoms with Crippen LogP contribution in [-0.4, -0.2) is 32.8 Å². The molecule has 1 amide bonds. The first kappa shape index (κ1) is 17.2. The van der Waals surface area contributed by atoms with Crippen molar-refractivity contribution in [1.29, 1.82) is 0 Å². The predicted octanol–water partition coefficient (Wildman–Crippen LogP) is 2.25. The number of nitrogens with one attached hydrogen (secondary N) is 1. The van der Waals surface area contributed by atoms with Gasteiger partial charge in [0.1, 0.15) is 11.2 Å². The van der Waals surface area contributed by atoms with Crippen LogP contribution in [0.4, 0.5) is 0 Å². The van der Waals surface area contributed by atoms with Crippen LogP contribution in [0.3, 0.4) is 0 Å². The summed E-state index contributed by atoms with van der Waals surface area (Å²) in [6, 6.07) is -0.939. The molecule has 0 radical (unpaired) electrons. The SMILES string of the molecule is CCCCn1nc(C)c(/C=C/C(=O)N[C@@H](C)C(=O)O)c1Cl. The lowest BCUT2D eigenvalue weighted by Crippen LogP contribution is -2.37. The van der Waals surface area contributed by atoms with E-state index in [1.807, 2.05) is 6.92 Å². The molecule has 1 aromatic rings. The van der Waals surface area contributed by atoms with E-state index >= 15 is 0 Å². The quantitative estimate of drug-likeness (QED) is 0.756. The highest BCUT2D eigenvalue weighted by Gasteiger charge is 2.13. The van der Waals surface area contributed by atoms with Crippen LogP contribution in [0.5, 0.6) is 0 Å². The minimum Gasteiger partial charge on any atom is -0.480 e. The average molecular weight is 314 g/mol. The second-order valence-electron chi connectivity index (χ2n) is 4.77. The van der Waals surface area contributed by atoms with E-state index in [9.17, 15) is 9.59 Å². The highest BCUT2D eigenvalue weighted by atomic mass is 35.5. The zero-order valence-electron chi connectivity index (χ0n) is 12.4. The average Bonchev–Trinajstić information content (AvgIpc) is 2.68. The van der Waals surface area contributed by atoms with Gasteiger partial charge in [0.25, 0.3) is 0 Å². The number of nitrogens with zero attached hydrogens (tertiary/aromatic N) is 2. The van der Waals surface area contributed by atoms with Crippen LogP contribution >= 0.6 is 11.6 Å². The molecule has 1 rings (SSSR count). The highest BCUT2D eigenvalue weighted by Crippen LogP contribution is 2.21. The fourth-order valence-corrected chi connectivity index (χ4v) is 2.02. The Hall–Kier alpha value is -1.82. The van der Waals surface area contributed by atoms with Crippen molar-refractivity contribution < 1.29 is 14.7 Å². The van der Waals surface area contributed by atoms with E-state index in [1.54, 1.807) is 10.8 Å². The van der Waals surface area contributed by atoms with Crippen molar-refractivity contribution in [3.63, 3.8) is 0 Å². The van der Waals surface area contributed by atoms with Gasteiger partial charge >= 0.3 is 5.97 Å². The number of amides is 1. The number of halogens is 1. The van der Waals surface area contributed by atoms with Crippen molar-refractivity contribution in [3.8, 4) is 0 Å². The maximum atomic E-state index is 11.6. The van der Waals surface area contributed by atoms with Crippen LogP contribution in [-0.2, 0) is 16.1 Å². The van der Waals surface area contributed by atoms with E-state index in [0.29, 0.717) is 10.7 Å². The molecule has 0 saturated carbocycles. The van der Waals surface area contributed by atoms with E-state index in [1.165, 1.54) is 13.0 Å². The fraction of sp³-hybridized carbons (Fsp3) is 0.500. The second-order valence-corrected chi connectivity index (χ2v) is 5.13. The summed E-state index contributed by atoms with van der Waals surface area (Å²) in [6.45, 7) is 6.02. The molecule has 0 aliphatic carbocycles. The van der Waals surface area contributed by atoms with Crippen LogP contribution in [0.2, 0.25) is 5.15 Å². The zero-order valence-corrected chi connectivity index (χ0v) is 13.1. The Morgan fingerprint density at radius 3 is 2.76 bits per heavy atom. The molecular formula is C14H20ClN3O3. The summed E-state index contributed by atoms with van der Waals surface area (Å²) >= 11 is 6.23. The lowest BCUT2D eigenvalue weighted by atomic mass is 10.2. The van der Waals surface area contributed by atoms with E-state index < -0.39 is 17.9 Å². The number of rotatable bonds is 7. The molecule has 0 fully saturated rings. The maximum Gasteiger partial charge on any atom is 0.325 e. The Morgan fingerprint density at radius 1 is 1.52 bits per heavy atom. The summed E-state index contributed by atoms with van der Waals surface area (Å²) in [5, 5.41) is 15.9. The first-order valence-electron chi connectivity index (χ1n) is 6.81. The number of unbranched alkanes of at least 4 members (excludes halogenated alkanes) is 1. The molecule has 0 bridgehead atoms. The molecule has 7 heteroatoms. The number of carbonyl (C=O) groups excluding carboxylic acids is 1. The van der Waals surface area contributed by atoms with Gasteiger partial charge in [-0.2, -0.15) is 5.10 Å². The fourth-order valence-electron chi connectivity index (χ4n) is 1.69. The Morgan fingerprint density at radius 2 is 2.19 bits per heavy atom. The lowest BCUT2D eigenvalue weighted by Gasteiger charge is -2.05. The molecular weight excluding hydrogens is 294 g/mol. The Labute approximate surface area is 128 Å². The minimum atomic E-state index is -1.08. The van der Waals surface area contributed by atoms with Gasteiger partial charge in [-0.15, -0.1) is 0 Å². The van der Waals surface area contributed by atoms with Crippen molar-refractivity contribution in [3.05, 3.63) is 22.5 Å². The lowest BCUT2D eigenvalue weighted by molar-refractivity contribution is -0.140. The molecule has 0 aliphatic heterocycles. The van der Waals surface area contributed by atoms with E-state index in [2.05, 4.69) is 17.3 Å². The minimum absolute atomic E-state index is 0.483. The third-order valence-corrected chi connectivity index (χ3v) is 3.36. The molecule has 0 saturated heterocycles. The summed E-state index contributed by atoms with van der Waals surface area (Å²) in [5.74, 6) is -1.57. The van der Waals surface area contributed by atoms with Gasteiger partial charge in [0.15, 0.2) is 0 Å². The predicted molar refractivity (Wildman–Crippen MR) is 81.2 cm³/mol. The topological polar surface area (TPSA) is 84.2 Å². The summed E-state index contributed by atoms with van der Waals surface area (Å²) in [4.78, 5) is 22.2. The monoisotopic (exact) mass is 313 g/mol. The number of aryl methyl sites for hydroxylation is 2. The van der Waals surface area contributed by atoms with Gasteiger partial charge in [0.2, 0.25) is 5.91 Å². The molecule has 21 heavy (non-hydrogen) atoms. The normalized spacial score (nSPS) is 12.6. The Kier molecular flexibility index (Phi) is 6.42. The number of carbonyl (C=O) groups is 2. The van der Waals surface area contributed by atoms with E-state index in [0.717, 1.165) is 25.1 Å². The van der Waals surface area contributed by atoms with Gasteiger partial charge in [-0.25, -0.2) is 0 Å². The standard InChI is InChI=1S/C14H20ClN3O3/c1-4-5-8-18-13(15)11(9(2)17-18)6-7-12(19)16-10(3)14(20)21/h6-7,10H,4-5,8H2,1-3H3,(H,16,19)(H,20,21)/b7-6+/t10-/m0/s1. The van der Waals surface area contributed by atoms with Gasteiger partial charge in [-0.05, 0) is 26.3 Å². The van der Waals surface area contributed by atoms with Crippen molar-refractivity contribution in [1.82, 2.24) is 15.1 Å². The van der Waals surface area contributed by atoms with Gasteiger partial charge in [0, 0.05) is 18.2 Å². The van der Waals surface area contributed by atoms with Crippen LogP contribution in [0.1, 0.15) is 37.9 Å². The van der Waals surface area contributed by atoms with Gasteiger partial charge in [-0.3, -0.25) is 14.3 Å². The van der Waals surface area contributed by atoms with Crippen molar-refractivity contribution in [2.75, 3.05) is 0 Å². The summed E-state index contributed by atoms with van der Waals surface area (Å²) < 4.78 is 1.71. The molecule has 1 aromatic heterocycles. The first-order chi connectivity index (χ1) is 9.86. The molecule has 116 valence electrons. The molecule has 2 N–H and O–H groups in total. The van der Waals surface area contributed by atoms with E-state index in [4.69, 9.17) is 16.7 Å². The maximum absolute atomic E-state index is 11.6. The molecule has 1 atom stereocenters. The van der Waals surface area contributed by atoms with Crippen LogP contribution in [0, 0.1) is 6.92 Å². The summed E-state index contributed by atoms with van der Waals surface area (Å²) in [6.07, 6.45) is 4.83. The summed E-state index contributed by atoms with van der Waals surface area (Å²) in [7, 11) is 0.